The molecule has 66 valence electrons. The number of hydrogen-bond donors (Lipinski definition) is 2. The Morgan fingerprint density at radius 3 is 2.83 bits per heavy atom. The van der Waals surface area contributed by atoms with Gasteiger partial charge in [-0.1, -0.05) is 11.3 Å². The number of amides is 1. The van der Waals surface area contributed by atoms with Gasteiger partial charge in [-0.25, -0.2) is 0 Å². The van der Waals surface area contributed by atoms with Gasteiger partial charge in [0.2, 0.25) is 0 Å². The molecular weight excluding hydrogens is 192 g/mol. The van der Waals surface area contributed by atoms with Crippen LogP contribution < -0.4 is 5.32 Å². The lowest BCUT2D eigenvalue weighted by molar-refractivity contribution is 0.0947. The second-order valence-electron chi connectivity index (χ2n) is 2.67. The number of H-pyrrole nitrogens is 1. The van der Waals surface area contributed by atoms with Crippen molar-refractivity contribution in [1.29, 1.82) is 0 Å². The summed E-state index contributed by atoms with van der Waals surface area (Å²) in [6.45, 7) is 3.84. The van der Waals surface area contributed by atoms with Crippen LogP contribution in [-0.4, -0.2) is 16.9 Å². The van der Waals surface area contributed by atoms with Crippen LogP contribution in [-0.2, 0) is 0 Å². The Kier molecular flexibility index (Phi) is 2.99. The molecule has 0 aliphatic carbocycles. The number of aromatic nitrogens is 1. The van der Waals surface area contributed by atoms with Gasteiger partial charge in [-0.15, -0.1) is 0 Å². The van der Waals surface area contributed by atoms with Crippen LogP contribution in [0.15, 0.2) is 6.20 Å². The molecule has 1 amide bonds. The molecule has 1 heterocycles. The number of carbonyl (C=O) groups excluding carboxylic acids is 1. The van der Waals surface area contributed by atoms with E-state index in [1.165, 1.54) is 11.3 Å². The molecule has 0 saturated heterocycles. The quantitative estimate of drug-likeness (QED) is 0.720. The normalized spacial score (nSPS) is 10.2. The highest BCUT2D eigenvalue weighted by molar-refractivity contribution is 7.73. The zero-order valence-corrected chi connectivity index (χ0v) is 8.51. The van der Waals surface area contributed by atoms with Gasteiger partial charge in [0.1, 0.15) is 4.88 Å². The molecule has 0 bridgehead atoms. The van der Waals surface area contributed by atoms with Crippen molar-refractivity contribution >= 4 is 29.5 Å². The lowest BCUT2D eigenvalue weighted by Gasteiger charge is -2.04. The van der Waals surface area contributed by atoms with Gasteiger partial charge in [0, 0.05) is 12.2 Å². The van der Waals surface area contributed by atoms with E-state index in [1.807, 2.05) is 13.8 Å². The predicted octanol–water partition coefficient (Wildman–Crippen LogP) is 1.94. The van der Waals surface area contributed by atoms with Crippen LogP contribution in [0.2, 0.25) is 0 Å². The molecule has 0 aliphatic heterocycles. The van der Waals surface area contributed by atoms with Gasteiger partial charge in [0.15, 0.2) is 3.95 Å². The second kappa shape index (κ2) is 3.82. The van der Waals surface area contributed by atoms with E-state index in [0.29, 0.717) is 8.83 Å². The van der Waals surface area contributed by atoms with Crippen LogP contribution >= 0.6 is 23.6 Å². The summed E-state index contributed by atoms with van der Waals surface area (Å²) in [5.74, 6) is -0.0673. The Balaban J connectivity index is 2.72. The molecular formula is C7H10N2OS2. The summed E-state index contributed by atoms with van der Waals surface area (Å²) >= 11 is 6.13. The third kappa shape index (κ3) is 2.42. The number of thiazole rings is 1. The molecule has 3 nitrogen and oxygen atoms in total. The maximum absolute atomic E-state index is 11.3. The molecule has 0 unspecified atom stereocenters. The third-order valence-electron chi connectivity index (χ3n) is 1.17. The average molecular weight is 202 g/mol. The molecule has 0 aromatic carbocycles. The highest BCUT2D eigenvalue weighted by atomic mass is 32.1. The van der Waals surface area contributed by atoms with E-state index in [4.69, 9.17) is 12.2 Å². The first-order chi connectivity index (χ1) is 5.59. The smallest absolute Gasteiger partial charge is 0.263 e. The number of nitrogens with one attached hydrogen (secondary N) is 2. The molecule has 1 rings (SSSR count). The first-order valence-corrected chi connectivity index (χ1v) is 4.81. The molecule has 0 atom stereocenters. The Labute approximate surface area is 79.8 Å². The average Bonchev–Trinajstić information content (AvgIpc) is 2.34. The zero-order chi connectivity index (χ0) is 9.14. The maximum atomic E-state index is 11.3. The fourth-order valence-corrected chi connectivity index (χ4v) is 1.64. The van der Waals surface area contributed by atoms with E-state index >= 15 is 0 Å². The summed E-state index contributed by atoms with van der Waals surface area (Å²) in [4.78, 5) is 14.7. The SMILES string of the molecule is CC(C)NC(=O)c1c[nH]c(=S)s1. The molecule has 1 aromatic rings. The van der Waals surface area contributed by atoms with Crippen molar-refractivity contribution < 1.29 is 4.79 Å². The van der Waals surface area contributed by atoms with Gasteiger partial charge in [0.25, 0.3) is 5.91 Å². The Hall–Kier alpha value is -0.680. The summed E-state index contributed by atoms with van der Waals surface area (Å²) < 4.78 is 0.629. The van der Waals surface area contributed by atoms with E-state index in [-0.39, 0.29) is 11.9 Å². The number of carbonyl (C=O) groups is 1. The first kappa shape index (κ1) is 9.41. The highest BCUT2D eigenvalue weighted by Gasteiger charge is 2.07. The number of rotatable bonds is 2. The number of hydrogen-bond acceptors (Lipinski definition) is 3. The molecule has 0 fully saturated rings. The number of aromatic amines is 1. The van der Waals surface area contributed by atoms with E-state index in [2.05, 4.69) is 10.3 Å². The lowest BCUT2D eigenvalue weighted by Crippen LogP contribution is -2.29. The van der Waals surface area contributed by atoms with Crippen LogP contribution in [0.25, 0.3) is 0 Å². The van der Waals surface area contributed by atoms with E-state index < -0.39 is 0 Å². The summed E-state index contributed by atoms with van der Waals surface area (Å²) in [5.41, 5.74) is 0. The first-order valence-electron chi connectivity index (χ1n) is 3.59. The van der Waals surface area contributed by atoms with Crippen molar-refractivity contribution in [3.8, 4) is 0 Å². The highest BCUT2D eigenvalue weighted by Crippen LogP contribution is 2.07. The van der Waals surface area contributed by atoms with Crippen molar-refractivity contribution in [3.63, 3.8) is 0 Å². The molecule has 12 heavy (non-hydrogen) atoms. The van der Waals surface area contributed by atoms with Crippen LogP contribution in [0.3, 0.4) is 0 Å². The predicted molar refractivity (Wildman–Crippen MR) is 52.1 cm³/mol. The minimum Gasteiger partial charge on any atom is -0.349 e. The topological polar surface area (TPSA) is 44.9 Å². The van der Waals surface area contributed by atoms with E-state index in [1.54, 1.807) is 6.20 Å². The van der Waals surface area contributed by atoms with Crippen LogP contribution in [0.4, 0.5) is 0 Å². The molecule has 0 spiro atoms. The van der Waals surface area contributed by atoms with Crippen LogP contribution in [0, 0.1) is 3.95 Å². The zero-order valence-electron chi connectivity index (χ0n) is 6.88. The summed E-state index contributed by atoms with van der Waals surface area (Å²) in [6, 6.07) is 0.160. The summed E-state index contributed by atoms with van der Waals surface area (Å²) in [7, 11) is 0. The van der Waals surface area contributed by atoms with Gasteiger partial charge >= 0.3 is 0 Å². The third-order valence-corrected chi connectivity index (χ3v) is 2.36. The van der Waals surface area contributed by atoms with Gasteiger partial charge in [-0.2, -0.15) is 0 Å². The summed E-state index contributed by atoms with van der Waals surface area (Å²) in [5, 5.41) is 2.78. The van der Waals surface area contributed by atoms with Crippen molar-refractivity contribution in [3.05, 3.63) is 15.0 Å². The molecule has 5 heteroatoms. The minimum absolute atomic E-state index is 0.0673. The Morgan fingerprint density at radius 1 is 1.75 bits per heavy atom. The molecule has 0 saturated carbocycles. The van der Waals surface area contributed by atoms with E-state index in [9.17, 15) is 4.79 Å². The van der Waals surface area contributed by atoms with Gasteiger partial charge in [-0.05, 0) is 26.1 Å². The fraction of sp³-hybridized carbons (Fsp3) is 0.429. The molecule has 2 N–H and O–H groups in total. The van der Waals surface area contributed by atoms with Crippen molar-refractivity contribution in [2.24, 2.45) is 0 Å². The Morgan fingerprint density at radius 2 is 2.42 bits per heavy atom. The largest absolute Gasteiger partial charge is 0.349 e. The summed E-state index contributed by atoms with van der Waals surface area (Å²) in [6.07, 6.45) is 1.63. The fourth-order valence-electron chi connectivity index (χ4n) is 0.728. The standard InChI is InChI=1S/C7H10N2OS2/c1-4(2)9-6(10)5-3-8-7(11)12-5/h3-4H,1-2H3,(H,8,11)(H,9,10). The maximum Gasteiger partial charge on any atom is 0.263 e. The Bertz CT molecular complexity index is 326. The van der Waals surface area contributed by atoms with Crippen molar-refractivity contribution in [1.82, 2.24) is 10.3 Å². The van der Waals surface area contributed by atoms with Gasteiger partial charge in [-0.3, -0.25) is 4.79 Å². The van der Waals surface area contributed by atoms with Crippen molar-refractivity contribution in [2.75, 3.05) is 0 Å². The molecule has 0 radical (unpaired) electrons. The van der Waals surface area contributed by atoms with Gasteiger partial charge < -0.3 is 10.3 Å². The van der Waals surface area contributed by atoms with Crippen LogP contribution in [0.5, 0.6) is 0 Å². The van der Waals surface area contributed by atoms with Crippen molar-refractivity contribution in [2.45, 2.75) is 19.9 Å². The monoisotopic (exact) mass is 202 g/mol. The van der Waals surface area contributed by atoms with E-state index in [0.717, 1.165) is 0 Å². The lowest BCUT2D eigenvalue weighted by atomic mass is 10.4. The minimum atomic E-state index is -0.0673. The van der Waals surface area contributed by atoms with Crippen LogP contribution in [0.1, 0.15) is 23.5 Å². The molecule has 1 aromatic heterocycles. The van der Waals surface area contributed by atoms with Gasteiger partial charge in [0.05, 0.1) is 0 Å². The molecule has 0 aliphatic rings. The second-order valence-corrected chi connectivity index (χ2v) is 4.39.